The van der Waals surface area contributed by atoms with Crippen molar-refractivity contribution in [2.75, 3.05) is 7.11 Å². The van der Waals surface area contributed by atoms with Crippen molar-refractivity contribution in [2.45, 2.75) is 26.0 Å². The van der Waals surface area contributed by atoms with Gasteiger partial charge in [0.15, 0.2) is 5.76 Å². The topological polar surface area (TPSA) is 105 Å². The molecule has 0 fully saturated rings. The number of carbonyl (C=O) groups excluding carboxylic acids is 1. The molecule has 1 amide bonds. The Bertz CT molecular complexity index is 522. The first-order valence-corrected chi connectivity index (χ1v) is 5.64. The molecule has 2 heterocycles. The average Bonchev–Trinajstić information content (AvgIpc) is 2.80. The number of ether oxygens (including phenoxy) is 1. The molecule has 0 aromatic carbocycles. The van der Waals surface area contributed by atoms with Gasteiger partial charge in [0.2, 0.25) is 5.91 Å². The van der Waals surface area contributed by atoms with E-state index >= 15 is 0 Å². The molecular formula is C11H13N3O5. The van der Waals surface area contributed by atoms with Crippen molar-refractivity contribution in [3.8, 4) is 0 Å². The molecule has 0 atom stereocenters. The summed E-state index contributed by atoms with van der Waals surface area (Å²) in [4.78, 5) is 22.5. The Morgan fingerprint density at radius 3 is 3.05 bits per heavy atom. The second-order valence-corrected chi connectivity index (χ2v) is 4.02. The Balaban J connectivity index is 2.09. The average molecular weight is 267 g/mol. The molecule has 1 aromatic rings. The zero-order chi connectivity index (χ0) is 13.8. The number of nitrogens with zero attached hydrogens (tertiary/aromatic N) is 3. The molecule has 2 rings (SSSR count). The summed E-state index contributed by atoms with van der Waals surface area (Å²) in [5.74, 6) is -0.816. The van der Waals surface area contributed by atoms with Crippen molar-refractivity contribution >= 4 is 17.6 Å². The molecule has 1 N–H and O–H groups in total. The highest BCUT2D eigenvalue weighted by atomic mass is 16.5. The van der Waals surface area contributed by atoms with Crippen molar-refractivity contribution in [2.24, 2.45) is 5.10 Å². The van der Waals surface area contributed by atoms with Crippen molar-refractivity contribution < 1.29 is 24.0 Å². The molecule has 0 radical (unpaired) electrons. The fraction of sp³-hybridized carbons (Fsp3) is 0.455. The van der Waals surface area contributed by atoms with Gasteiger partial charge in [-0.15, -0.1) is 0 Å². The lowest BCUT2D eigenvalue weighted by Crippen LogP contribution is -2.33. The molecule has 0 unspecified atom stereocenters. The SMILES string of the molecule is COCc1cc(CN2N=C(C(=O)O)CCC2=O)no1. The van der Waals surface area contributed by atoms with Gasteiger partial charge in [-0.25, -0.2) is 9.80 Å². The zero-order valence-electron chi connectivity index (χ0n) is 10.3. The summed E-state index contributed by atoms with van der Waals surface area (Å²) >= 11 is 0. The van der Waals surface area contributed by atoms with Gasteiger partial charge in [-0.3, -0.25) is 4.79 Å². The van der Waals surface area contributed by atoms with Crippen molar-refractivity contribution in [1.29, 1.82) is 0 Å². The maximum absolute atomic E-state index is 11.6. The lowest BCUT2D eigenvalue weighted by atomic mass is 10.1. The molecule has 8 nitrogen and oxygen atoms in total. The number of aliphatic carboxylic acids is 1. The number of aromatic nitrogens is 1. The molecule has 0 spiro atoms. The number of hydrogen-bond acceptors (Lipinski definition) is 6. The second kappa shape index (κ2) is 5.61. The minimum absolute atomic E-state index is 0.0276. The molecule has 0 aliphatic carbocycles. The van der Waals surface area contributed by atoms with E-state index in [1.807, 2.05) is 0 Å². The lowest BCUT2D eigenvalue weighted by Gasteiger charge is -2.20. The largest absolute Gasteiger partial charge is 0.477 e. The summed E-state index contributed by atoms with van der Waals surface area (Å²) in [6, 6.07) is 1.64. The minimum Gasteiger partial charge on any atom is -0.477 e. The predicted molar refractivity (Wildman–Crippen MR) is 62.1 cm³/mol. The van der Waals surface area contributed by atoms with E-state index in [-0.39, 0.29) is 37.6 Å². The summed E-state index contributed by atoms with van der Waals surface area (Å²) in [5.41, 5.74) is 0.469. The van der Waals surface area contributed by atoms with Crippen LogP contribution in [0.15, 0.2) is 15.7 Å². The maximum Gasteiger partial charge on any atom is 0.352 e. The van der Waals surface area contributed by atoms with Gasteiger partial charge < -0.3 is 14.4 Å². The number of hydrazone groups is 1. The van der Waals surface area contributed by atoms with E-state index in [0.29, 0.717) is 11.5 Å². The first-order chi connectivity index (χ1) is 9.10. The molecular weight excluding hydrogens is 254 g/mol. The second-order valence-electron chi connectivity index (χ2n) is 4.02. The van der Waals surface area contributed by atoms with E-state index in [1.54, 1.807) is 6.07 Å². The fourth-order valence-corrected chi connectivity index (χ4v) is 1.67. The third-order valence-corrected chi connectivity index (χ3v) is 2.56. The van der Waals surface area contributed by atoms with E-state index in [1.165, 1.54) is 7.11 Å². The van der Waals surface area contributed by atoms with Crippen LogP contribution in [0.2, 0.25) is 0 Å². The van der Waals surface area contributed by atoms with Gasteiger partial charge in [-0.05, 0) is 0 Å². The number of rotatable bonds is 5. The first-order valence-electron chi connectivity index (χ1n) is 5.64. The Kier molecular flexibility index (Phi) is 3.91. The number of hydrogen-bond donors (Lipinski definition) is 1. The van der Waals surface area contributed by atoms with E-state index < -0.39 is 5.97 Å². The van der Waals surface area contributed by atoms with E-state index in [0.717, 1.165) is 5.01 Å². The van der Waals surface area contributed by atoms with Gasteiger partial charge in [-0.2, -0.15) is 5.10 Å². The third-order valence-electron chi connectivity index (χ3n) is 2.56. The number of carboxylic acid groups (broad SMARTS) is 1. The Hall–Kier alpha value is -2.22. The van der Waals surface area contributed by atoms with Crippen LogP contribution in [0, 0.1) is 0 Å². The van der Waals surface area contributed by atoms with Crippen molar-refractivity contribution in [3.63, 3.8) is 0 Å². The predicted octanol–water partition coefficient (Wildman–Crippen LogP) is 0.384. The molecule has 1 aromatic heterocycles. The van der Waals surface area contributed by atoms with E-state index in [2.05, 4.69) is 10.3 Å². The normalized spacial score (nSPS) is 15.5. The van der Waals surface area contributed by atoms with Gasteiger partial charge in [0.1, 0.15) is 18.0 Å². The highest BCUT2D eigenvalue weighted by Crippen LogP contribution is 2.14. The number of methoxy groups -OCH3 is 1. The molecule has 8 heteroatoms. The van der Waals surface area contributed by atoms with Gasteiger partial charge in [0.05, 0.1) is 6.54 Å². The summed E-state index contributed by atoms with van der Waals surface area (Å²) in [6.07, 6.45) is 0.284. The zero-order valence-corrected chi connectivity index (χ0v) is 10.3. The number of carbonyl (C=O) groups is 2. The molecule has 0 saturated carbocycles. The highest BCUT2D eigenvalue weighted by Gasteiger charge is 2.24. The van der Waals surface area contributed by atoms with Crippen LogP contribution >= 0.6 is 0 Å². The quantitative estimate of drug-likeness (QED) is 0.827. The third kappa shape index (κ3) is 3.16. The Morgan fingerprint density at radius 1 is 1.58 bits per heavy atom. The smallest absolute Gasteiger partial charge is 0.352 e. The van der Waals surface area contributed by atoms with Crippen LogP contribution in [0.4, 0.5) is 0 Å². The van der Waals surface area contributed by atoms with Gasteiger partial charge in [0, 0.05) is 26.0 Å². The standard InChI is InChI=1S/C11H13N3O5/c1-18-6-8-4-7(13-19-8)5-14-10(15)3-2-9(12-14)11(16)17/h4H,2-3,5-6H2,1H3,(H,16,17). The number of carboxylic acids is 1. The summed E-state index contributed by atoms with van der Waals surface area (Å²) < 4.78 is 9.86. The summed E-state index contributed by atoms with van der Waals surface area (Å²) in [7, 11) is 1.53. The van der Waals surface area contributed by atoms with Crippen LogP contribution in [0.5, 0.6) is 0 Å². The Labute approximate surface area is 108 Å². The molecule has 19 heavy (non-hydrogen) atoms. The van der Waals surface area contributed by atoms with Crippen LogP contribution in [0.3, 0.4) is 0 Å². The molecule has 1 aliphatic heterocycles. The van der Waals surface area contributed by atoms with Crippen LogP contribution in [-0.4, -0.2) is 40.0 Å². The molecule has 1 aliphatic rings. The first kappa shape index (κ1) is 13.2. The Morgan fingerprint density at radius 2 is 2.37 bits per heavy atom. The molecule has 0 bridgehead atoms. The van der Waals surface area contributed by atoms with Crippen molar-refractivity contribution in [3.05, 3.63) is 17.5 Å². The fourth-order valence-electron chi connectivity index (χ4n) is 1.67. The number of amides is 1. The van der Waals surface area contributed by atoms with Crippen LogP contribution in [-0.2, 0) is 27.5 Å². The van der Waals surface area contributed by atoms with Crippen LogP contribution in [0.25, 0.3) is 0 Å². The monoisotopic (exact) mass is 267 g/mol. The summed E-state index contributed by atoms with van der Waals surface area (Å²) in [5, 5.41) is 17.5. The minimum atomic E-state index is -1.11. The maximum atomic E-state index is 11.6. The van der Waals surface area contributed by atoms with Crippen LogP contribution in [0.1, 0.15) is 24.3 Å². The highest BCUT2D eigenvalue weighted by molar-refractivity contribution is 6.36. The van der Waals surface area contributed by atoms with Crippen molar-refractivity contribution in [1.82, 2.24) is 10.2 Å². The van der Waals surface area contributed by atoms with Gasteiger partial charge in [-0.1, -0.05) is 5.16 Å². The van der Waals surface area contributed by atoms with Crippen LogP contribution < -0.4 is 0 Å². The van der Waals surface area contributed by atoms with E-state index in [4.69, 9.17) is 14.4 Å². The summed E-state index contributed by atoms with van der Waals surface area (Å²) in [6.45, 7) is 0.368. The molecule has 102 valence electrons. The molecule has 0 saturated heterocycles. The van der Waals surface area contributed by atoms with Gasteiger partial charge in [0.25, 0.3) is 0 Å². The van der Waals surface area contributed by atoms with Gasteiger partial charge >= 0.3 is 5.97 Å². The lowest BCUT2D eigenvalue weighted by molar-refractivity contribution is -0.133. The van der Waals surface area contributed by atoms with E-state index in [9.17, 15) is 9.59 Å².